The van der Waals surface area contributed by atoms with Crippen molar-refractivity contribution in [1.82, 2.24) is 5.32 Å². The predicted molar refractivity (Wildman–Crippen MR) is 31.4 cm³/mol. The molecule has 13 heavy (non-hydrogen) atoms. The summed E-state index contributed by atoms with van der Waals surface area (Å²) in [5.41, 5.74) is 0. The Labute approximate surface area is 114 Å². The van der Waals surface area contributed by atoms with E-state index in [1.165, 1.54) is 5.32 Å². The zero-order valence-electron chi connectivity index (χ0n) is 6.51. The van der Waals surface area contributed by atoms with E-state index in [0.717, 1.165) is 0 Å². The summed E-state index contributed by atoms with van der Waals surface area (Å²) in [4.78, 5) is 32.8. The number of hydrogen-bond donors (Lipinski definition) is 1. The molecular weight excluding hydrogens is 209 g/mol. The van der Waals surface area contributed by atoms with Crippen LogP contribution in [-0.2, 0) is 9.59 Å². The van der Waals surface area contributed by atoms with Gasteiger partial charge in [0.2, 0.25) is 0 Å². The maximum atomic E-state index is 10.6. The van der Waals surface area contributed by atoms with E-state index in [1.54, 1.807) is 0 Å². The van der Waals surface area contributed by atoms with Crippen molar-refractivity contribution in [2.45, 2.75) is 6.04 Å². The average Bonchev–Trinajstić information content (AvgIpc) is 1.82. The molecule has 0 aliphatic carbocycles. The van der Waals surface area contributed by atoms with Gasteiger partial charge in [-0.2, -0.15) is 0 Å². The molecule has 1 aliphatic rings. The SMILES string of the molecule is O=C1N=C([O-])NC(=O)C1[N+](=O)[O-].[K+]. The van der Waals surface area contributed by atoms with Crippen LogP contribution < -0.4 is 61.8 Å². The van der Waals surface area contributed by atoms with Crippen LogP contribution in [-0.4, -0.2) is 28.8 Å². The molecule has 9 heteroatoms. The Bertz CT molecular complexity index is 300. The minimum Gasteiger partial charge on any atom is -0.846 e. The van der Waals surface area contributed by atoms with Gasteiger partial charge in [0.05, 0.1) is 6.02 Å². The Balaban J connectivity index is 0.00000144. The molecule has 0 aromatic carbocycles. The summed E-state index contributed by atoms with van der Waals surface area (Å²) < 4.78 is 0. The van der Waals surface area contributed by atoms with Gasteiger partial charge in [0.25, 0.3) is 0 Å². The normalized spacial score (nSPS) is 21.2. The topological polar surface area (TPSA) is 125 Å². The predicted octanol–water partition coefficient (Wildman–Crippen LogP) is -5.99. The molecule has 64 valence electrons. The van der Waals surface area contributed by atoms with Crippen molar-refractivity contribution in [1.29, 1.82) is 0 Å². The molecule has 8 nitrogen and oxygen atoms in total. The number of amides is 2. The van der Waals surface area contributed by atoms with Crippen LogP contribution in [0.2, 0.25) is 0 Å². The largest absolute Gasteiger partial charge is 1.00 e. The number of aliphatic imine (C=N–C) groups is 1. The van der Waals surface area contributed by atoms with Crippen molar-refractivity contribution in [3.05, 3.63) is 10.1 Å². The molecule has 0 saturated carbocycles. The summed E-state index contributed by atoms with van der Waals surface area (Å²) >= 11 is 0. The van der Waals surface area contributed by atoms with Crippen molar-refractivity contribution in [2.24, 2.45) is 4.99 Å². The van der Waals surface area contributed by atoms with Gasteiger partial charge in [-0.25, -0.2) is 4.99 Å². The molecule has 1 aliphatic heterocycles. The van der Waals surface area contributed by atoms with E-state index in [2.05, 4.69) is 4.99 Å². The first-order chi connectivity index (χ1) is 5.52. The van der Waals surface area contributed by atoms with Gasteiger partial charge in [0, 0.05) is 4.92 Å². The summed E-state index contributed by atoms with van der Waals surface area (Å²) in [5, 5.41) is 21.9. The minimum absolute atomic E-state index is 0. The fourth-order valence-electron chi connectivity index (χ4n) is 0.661. The first kappa shape index (κ1) is 12.6. The fourth-order valence-corrected chi connectivity index (χ4v) is 0.661. The van der Waals surface area contributed by atoms with E-state index < -0.39 is 28.8 Å². The molecule has 1 N–H and O–H groups in total. The molecule has 0 aromatic rings. The van der Waals surface area contributed by atoms with Gasteiger partial charge in [-0.1, -0.05) is 0 Å². The number of nitrogens with zero attached hydrogens (tertiary/aromatic N) is 2. The van der Waals surface area contributed by atoms with Crippen LogP contribution in [0.5, 0.6) is 0 Å². The summed E-state index contributed by atoms with van der Waals surface area (Å²) in [6, 6.07) is -3.24. The van der Waals surface area contributed by atoms with E-state index in [-0.39, 0.29) is 51.4 Å². The average molecular weight is 211 g/mol. The van der Waals surface area contributed by atoms with Crippen LogP contribution in [0.25, 0.3) is 0 Å². The number of rotatable bonds is 1. The minimum atomic E-state index is -2.08. The number of hydrogen-bond acceptors (Lipinski definition) is 5. The standard InChI is InChI=1S/C4H3N3O5.K/c8-2-1(7(11)12)3(9)6-4(10)5-2;/h1H,(H2,5,6,8,9,10);/q;+1/p-1. The Kier molecular flexibility index (Phi) is 4.63. The van der Waals surface area contributed by atoms with Crippen LogP contribution in [0.1, 0.15) is 0 Å². The summed E-state index contributed by atoms with van der Waals surface area (Å²) in [5.74, 6) is -2.58. The Morgan fingerprint density at radius 2 is 2.00 bits per heavy atom. The Hall–Kier alpha value is -0.354. The van der Waals surface area contributed by atoms with Gasteiger partial charge in [-0.3, -0.25) is 19.7 Å². The zero-order chi connectivity index (χ0) is 9.30. The number of nitro groups is 1. The van der Waals surface area contributed by atoms with Gasteiger partial charge < -0.3 is 10.4 Å². The second kappa shape index (κ2) is 4.76. The molecular formula is C4H2KN3O5. The number of amidine groups is 1. The Morgan fingerprint density at radius 3 is 2.38 bits per heavy atom. The van der Waals surface area contributed by atoms with Crippen molar-refractivity contribution in [2.75, 3.05) is 0 Å². The first-order valence-corrected chi connectivity index (χ1v) is 2.76. The maximum absolute atomic E-state index is 10.6. The molecule has 0 saturated heterocycles. The molecule has 0 spiro atoms. The fraction of sp³-hybridized carbons (Fsp3) is 0.250. The van der Waals surface area contributed by atoms with Crippen LogP contribution in [0.3, 0.4) is 0 Å². The number of carbonyl (C=O) groups excluding carboxylic acids is 2. The monoisotopic (exact) mass is 211 g/mol. The first-order valence-electron chi connectivity index (χ1n) is 2.76. The third kappa shape index (κ3) is 2.81. The van der Waals surface area contributed by atoms with Crippen molar-refractivity contribution in [3.63, 3.8) is 0 Å². The van der Waals surface area contributed by atoms with Crippen LogP contribution in [0.4, 0.5) is 0 Å². The molecule has 0 aromatic heterocycles. The van der Waals surface area contributed by atoms with Gasteiger partial charge in [-0.15, -0.1) is 0 Å². The second-order valence-corrected chi connectivity index (χ2v) is 1.93. The summed E-state index contributed by atoms with van der Waals surface area (Å²) in [6.07, 6.45) is 0. The molecule has 0 fully saturated rings. The van der Waals surface area contributed by atoms with E-state index in [4.69, 9.17) is 0 Å². The van der Waals surface area contributed by atoms with Crippen LogP contribution >= 0.6 is 0 Å². The molecule has 1 unspecified atom stereocenters. The van der Waals surface area contributed by atoms with Crippen molar-refractivity contribution < 1.29 is 71.0 Å². The molecule has 1 heterocycles. The third-order valence-corrected chi connectivity index (χ3v) is 1.13. The third-order valence-electron chi connectivity index (χ3n) is 1.13. The van der Waals surface area contributed by atoms with Crippen molar-refractivity contribution >= 4 is 17.8 Å². The van der Waals surface area contributed by atoms with Gasteiger partial charge in [-0.05, 0) is 0 Å². The van der Waals surface area contributed by atoms with E-state index >= 15 is 0 Å². The number of nitrogens with one attached hydrogen (secondary N) is 1. The zero-order valence-corrected chi connectivity index (χ0v) is 9.64. The van der Waals surface area contributed by atoms with E-state index in [0.29, 0.717) is 0 Å². The summed E-state index contributed by atoms with van der Waals surface area (Å²) in [6.45, 7) is 0. The van der Waals surface area contributed by atoms with Crippen LogP contribution in [0.15, 0.2) is 4.99 Å². The summed E-state index contributed by atoms with van der Waals surface area (Å²) in [7, 11) is 0. The second-order valence-electron chi connectivity index (χ2n) is 1.93. The number of carbonyl (C=O) groups is 2. The maximum Gasteiger partial charge on any atom is 1.00 e. The Morgan fingerprint density at radius 1 is 1.46 bits per heavy atom. The molecule has 1 rings (SSSR count). The smallest absolute Gasteiger partial charge is 0.846 e. The van der Waals surface area contributed by atoms with Gasteiger partial charge in [0.1, 0.15) is 0 Å². The van der Waals surface area contributed by atoms with E-state index in [1.807, 2.05) is 0 Å². The van der Waals surface area contributed by atoms with Gasteiger partial charge in [0.15, 0.2) is 0 Å². The van der Waals surface area contributed by atoms with Gasteiger partial charge >= 0.3 is 69.2 Å². The van der Waals surface area contributed by atoms with Crippen LogP contribution in [0, 0.1) is 10.1 Å². The van der Waals surface area contributed by atoms with Crippen molar-refractivity contribution in [3.8, 4) is 0 Å². The molecule has 0 bridgehead atoms. The molecule has 0 radical (unpaired) electrons. The molecule has 1 atom stereocenters. The quantitative estimate of drug-likeness (QED) is 0.200. The van der Waals surface area contributed by atoms with E-state index in [9.17, 15) is 24.8 Å². The molecule has 2 amide bonds.